The average molecular weight is 575 g/mol. The van der Waals surface area contributed by atoms with E-state index in [1.54, 1.807) is 49.8 Å². The molecule has 214 valence electrons. The van der Waals surface area contributed by atoms with Crippen molar-refractivity contribution in [2.75, 3.05) is 0 Å². The molecule has 0 fully saturated rings. The van der Waals surface area contributed by atoms with Crippen LogP contribution in [0, 0.1) is 6.92 Å². The number of ether oxygens (including phenoxy) is 1. The van der Waals surface area contributed by atoms with Gasteiger partial charge in [0, 0.05) is 35.8 Å². The Balaban J connectivity index is 1.58. The van der Waals surface area contributed by atoms with Gasteiger partial charge in [-0.2, -0.15) is 5.10 Å². The van der Waals surface area contributed by atoms with Gasteiger partial charge in [-0.15, -0.1) is 11.3 Å². The minimum Gasteiger partial charge on any atom is -0.477 e. The third-order valence-corrected chi connectivity index (χ3v) is 7.45. The molecule has 4 aromatic rings. The average Bonchev–Trinajstić information content (AvgIpc) is 3.57. The number of nitrogens with zero attached hydrogens (tertiary/aromatic N) is 2. The predicted octanol–water partition coefficient (Wildman–Crippen LogP) is 6.34. The molecule has 0 radical (unpaired) electrons. The summed E-state index contributed by atoms with van der Waals surface area (Å²) in [5.41, 5.74) is 5.01. The Hall–Kier alpha value is -4.44. The van der Waals surface area contributed by atoms with E-state index in [0.29, 0.717) is 5.56 Å². The van der Waals surface area contributed by atoms with E-state index in [1.165, 1.54) is 11.3 Å². The topological polar surface area (TPSA) is 123 Å². The third-order valence-electron chi connectivity index (χ3n) is 6.32. The lowest BCUT2D eigenvalue weighted by Crippen LogP contribution is -2.32. The molecule has 3 N–H and O–H groups in total. The van der Waals surface area contributed by atoms with Gasteiger partial charge in [0.05, 0.1) is 12.2 Å². The maximum Gasteiger partial charge on any atom is 0.407 e. The molecule has 0 bridgehead atoms. The Labute approximate surface area is 243 Å². The first-order valence-corrected chi connectivity index (χ1v) is 14.0. The lowest BCUT2D eigenvalue weighted by Gasteiger charge is -2.20. The molecule has 0 aliphatic rings. The molecule has 0 aliphatic heterocycles. The van der Waals surface area contributed by atoms with Gasteiger partial charge < -0.3 is 20.5 Å². The SMILES string of the molecule is Cc1ccc(CNC(=O)OC(C)(C)C)cc1C(=O)NC(C)c1cc(-c2cnn(C)c2)cc(-c2ccc(C(=O)O)s2)c1. The number of nitrogens with one attached hydrogen (secondary N) is 2. The van der Waals surface area contributed by atoms with Crippen molar-refractivity contribution in [3.63, 3.8) is 0 Å². The lowest BCUT2D eigenvalue weighted by molar-refractivity contribution is 0.0522. The minimum atomic E-state index is -0.968. The molecule has 0 spiro atoms. The summed E-state index contributed by atoms with van der Waals surface area (Å²) in [6.07, 6.45) is 3.15. The fourth-order valence-electron chi connectivity index (χ4n) is 4.26. The van der Waals surface area contributed by atoms with Gasteiger partial charge >= 0.3 is 12.1 Å². The van der Waals surface area contributed by atoms with Crippen LogP contribution >= 0.6 is 11.3 Å². The van der Waals surface area contributed by atoms with Crippen molar-refractivity contribution >= 4 is 29.3 Å². The number of carboxylic acid groups (broad SMARTS) is 1. The second-order valence-electron chi connectivity index (χ2n) is 10.9. The van der Waals surface area contributed by atoms with Gasteiger partial charge in [-0.3, -0.25) is 9.48 Å². The third kappa shape index (κ3) is 7.61. The van der Waals surface area contributed by atoms with E-state index in [-0.39, 0.29) is 23.4 Å². The zero-order chi connectivity index (χ0) is 29.9. The Bertz CT molecular complexity index is 1600. The van der Waals surface area contributed by atoms with Crippen molar-refractivity contribution in [3.8, 4) is 21.6 Å². The van der Waals surface area contributed by atoms with E-state index in [1.807, 2.05) is 57.4 Å². The fraction of sp³-hybridized carbons (Fsp3) is 0.290. The van der Waals surface area contributed by atoms with Gasteiger partial charge in [0.1, 0.15) is 10.5 Å². The zero-order valence-corrected chi connectivity index (χ0v) is 24.8. The number of hydrogen-bond acceptors (Lipinski definition) is 6. The molecular formula is C31H34N4O5S. The van der Waals surface area contributed by atoms with Crippen LogP contribution in [-0.2, 0) is 18.3 Å². The highest BCUT2D eigenvalue weighted by Crippen LogP contribution is 2.34. The number of carbonyl (C=O) groups excluding carboxylic acids is 2. The number of thiophene rings is 1. The first-order chi connectivity index (χ1) is 19.3. The highest BCUT2D eigenvalue weighted by Gasteiger charge is 2.19. The molecule has 4 rings (SSSR count). The lowest BCUT2D eigenvalue weighted by atomic mass is 9.97. The van der Waals surface area contributed by atoms with E-state index >= 15 is 0 Å². The number of aromatic carboxylic acids is 1. The molecule has 2 heterocycles. The molecule has 10 heteroatoms. The summed E-state index contributed by atoms with van der Waals surface area (Å²) in [5.74, 6) is -1.21. The normalized spacial score (nSPS) is 12.0. The summed E-state index contributed by atoms with van der Waals surface area (Å²) in [7, 11) is 1.84. The summed E-state index contributed by atoms with van der Waals surface area (Å²) < 4.78 is 7.01. The van der Waals surface area contributed by atoms with E-state index in [4.69, 9.17) is 4.74 Å². The molecule has 1 unspecified atom stereocenters. The first-order valence-electron chi connectivity index (χ1n) is 13.1. The van der Waals surface area contributed by atoms with E-state index in [0.717, 1.165) is 38.3 Å². The molecule has 0 saturated heterocycles. The number of aryl methyl sites for hydroxylation is 2. The second-order valence-corrected chi connectivity index (χ2v) is 12.0. The van der Waals surface area contributed by atoms with E-state index in [9.17, 15) is 19.5 Å². The van der Waals surface area contributed by atoms with Crippen LogP contribution in [0.4, 0.5) is 4.79 Å². The second kappa shape index (κ2) is 12.0. The summed E-state index contributed by atoms with van der Waals surface area (Å²) in [6, 6.07) is 14.5. The maximum atomic E-state index is 13.4. The molecule has 2 aromatic heterocycles. The number of carboxylic acids is 1. The number of alkyl carbamates (subject to hydrolysis) is 1. The molecule has 1 atom stereocenters. The van der Waals surface area contributed by atoms with Crippen LogP contribution in [0.1, 0.15) is 70.5 Å². The minimum absolute atomic E-state index is 0.223. The largest absolute Gasteiger partial charge is 0.477 e. The Morgan fingerprint density at radius 2 is 1.78 bits per heavy atom. The molecule has 2 amide bonds. The number of carbonyl (C=O) groups is 3. The maximum absolute atomic E-state index is 13.4. The fourth-order valence-corrected chi connectivity index (χ4v) is 5.09. The number of benzene rings is 2. The standard InChI is InChI=1S/C31H34N4O5S/c1-18-7-8-20(15-32-30(39)40-31(3,4)5)11-25(18)28(36)34-19(2)21-12-22(24-16-33-35(6)17-24)14-23(13-21)26-9-10-27(41-26)29(37)38/h7-14,16-17,19H,15H2,1-6H3,(H,32,39)(H,34,36)(H,37,38). The zero-order valence-electron chi connectivity index (χ0n) is 23.9. The van der Waals surface area contributed by atoms with Crippen LogP contribution in [0.25, 0.3) is 21.6 Å². The van der Waals surface area contributed by atoms with Crippen LogP contribution < -0.4 is 10.6 Å². The summed E-state index contributed by atoms with van der Waals surface area (Å²) in [5, 5.41) is 19.5. The summed E-state index contributed by atoms with van der Waals surface area (Å²) >= 11 is 1.20. The highest BCUT2D eigenvalue weighted by molar-refractivity contribution is 7.17. The van der Waals surface area contributed by atoms with Gasteiger partial charge in [-0.1, -0.05) is 12.1 Å². The van der Waals surface area contributed by atoms with E-state index < -0.39 is 17.7 Å². The number of amides is 2. The van der Waals surface area contributed by atoms with Crippen LogP contribution in [-0.4, -0.2) is 38.5 Å². The van der Waals surface area contributed by atoms with Gasteiger partial charge in [-0.25, -0.2) is 9.59 Å². The van der Waals surface area contributed by atoms with Crippen molar-refractivity contribution in [1.29, 1.82) is 0 Å². The monoisotopic (exact) mass is 574 g/mol. The molecule has 9 nitrogen and oxygen atoms in total. The molecule has 41 heavy (non-hydrogen) atoms. The van der Waals surface area contributed by atoms with Crippen LogP contribution in [0.2, 0.25) is 0 Å². The summed E-state index contributed by atoms with van der Waals surface area (Å²) in [6.45, 7) is 9.38. The molecule has 0 saturated carbocycles. The van der Waals surface area contributed by atoms with Gasteiger partial charge in [-0.05, 0) is 98.8 Å². The Morgan fingerprint density at radius 1 is 1.05 bits per heavy atom. The Kier molecular flexibility index (Phi) is 8.63. The van der Waals surface area contributed by atoms with E-state index in [2.05, 4.69) is 15.7 Å². The molecule has 2 aromatic carbocycles. The van der Waals surface area contributed by atoms with Crippen LogP contribution in [0.15, 0.2) is 60.9 Å². The van der Waals surface area contributed by atoms with Crippen molar-refractivity contribution in [2.45, 2.75) is 52.8 Å². The van der Waals surface area contributed by atoms with Gasteiger partial charge in [0.15, 0.2) is 0 Å². The van der Waals surface area contributed by atoms with Crippen LogP contribution in [0.3, 0.4) is 0 Å². The van der Waals surface area contributed by atoms with Crippen molar-refractivity contribution in [1.82, 2.24) is 20.4 Å². The van der Waals surface area contributed by atoms with Gasteiger partial charge in [0.25, 0.3) is 5.91 Å². The predicted molar refractivity (Wildman–Crippen MR) is 159 cm³/mol. The van der Waals surface area contributed by atoms with Crippen LogP contribution in [0.5, 0.6) is 0 Å². The molecule has 0 aliphatic carbocycles. The van der Waals surface area contributed by atoms with Crippen molar-refractivity contribution in [2.24, 2.45) is 7.05 Å². The van der Waals surface area contributed by atoms with Gasteiger partial charge in [0.2, 0.25) is 0 Å². The number of rotatable bonds is 8. The quantitative estimate of drug-likeness (QED) is 0.226. The number of aromatic nitrogens is 2. The Morgan fingerprint density at radius 3 is 2.41 bits per heavy atom. The smallest absolute Gasteiger partial charge is 0.407 e. The number of hydrogen-bond donors (Lipinski definition) is 3. The van der Waals surface area contributed by atoms with Crippen molar-refractivity contribution in [3.05, 3.63) is 88.1 Å². The highest BCUT2D eigenvalue weighted by atomic mass is 32.1. The molecular weight excluding hydrogens is 540 g/mol. The summed E-state index contributed by atoms with van der Waals surface area (Å²) in [4.78, 5) is 38.0. The first kappa shape index (κ1) is 29.5. The van der Waals surface area contributed by atoms with Crippen molar-refractivity contribution < 1.29 is 24.2 Å².